The van der Waals surface area contributed by atoms with Crippen LogP contribution < -0.4 is 19.5 Å². The van der Waals surface area contributed by atoms with Crippen molar-refractivity contribution in [3.05, 3.63) is 17.7 Å². The van der Waals surface area contributed by atoms with Crippen LogP contribution in [-0.2, 0) is 0 Å². The van der Waals surface area contributed by atoms with E-state index in [2.05, 4.69) is 10.2 Å². The Balaban J connectivity index is 2.44. The van der Waals surface area contributed by atoms with Crippen LogP contribution in [0, 0.1) is 0 Å². The van der Waals surface area contributed by atoms with Crippen LogP contribution in [-0.4, -0.2) is 64.1 Å². The van der Waals surface area contributed by atoms with Crippen LogP contribution in [0.1, 0.15) is 18.0 Å². The molecule has 2 rings (SSSR count). The van der Waals surface area contributed by atoms with Gasteiger partial charge in [-0.25, -0.2) is 0 Å². The molecule has 1 atom stereocenters. The van der Waals surface area contributed by atoms with Gasteiger partial charge < -0.3 is 24.6 Å². The molecule has 2 N–H and O–H groups in total. The van der Waals surface area contributed by atoms with Crippen LogP contribution in [0.15, 0.2) is 12.1 Å². The molecule has 0 radical (unpaired) electrons. The molecule has 0 bridgehead atoms. The molecule has 0 spiro atoms. The third-order valence-electron chi connectivity index (χ3n) is 4.08. The SMILES string of the molecule is COc1cc(OC)c([C@@H](CCO)N2CCNCC2)c(OC)c1. The first-order valence-electron chi connectivity index (χ1n) is 7.60. The monoisotopic (exact) mass is 310 g/mol. The van der Waals surface area contributed by atoms with Gasteiger partial charge in [0, 0.05) is 51.0 Å². The highest BCUT2D eigenvalue weighted by atomic mass is 16.5. The number of rotatable bonds is 7. The summed E-state index contributed by atoms with van der Waals surface area (Å²) < 4.78 is 16.4. The largest absolute Gasteiger partial charge is 0.496 e. The first-order valence-corrected chi connectivity index (χ1v) is 7.60. The fourth-order valence-electron chi connectivity index (χ4n) is 2.99. The molecule has 22 heavy (non-hydrogen) atoms. The van der Waals surface area contributed by atoms with Gasteiger partial charge in [0.05, 0.1) is 26.9 Å². The molecule has 0 aromatic heterocycles. The van der Waals surface area contributed by atoms with E-state index in [0.29, 0.717) is 12.2 Å². The van der Waals surface area contributed by atoms with Crippen LogP contribution >= 0.6 is 0 Å². The molecule has 1 saturated heterocycles. The van der Waals surface area contributed by atoms with Crippen molar-refractivity contribution in [1.29, 1.82) is 0 Å². The molecule has 1 aromatic rings. The first-order chi connectivity index (χ1) is 10.7. The number of piperazine rings is 1. The number of ether oxygens (including phenoxy) is 3. The minimum Gasteiger partial charge on any atom is -0.496 e. The van der Waals surface area contributed by atoms with Gasteiger partial charge in [-0.2, -0.15) is 0 Å². The van der Waals surface area contributed by atoms with E-state index in [4.69, 9.17) is 14.2 Å². The number of aliphatic hydroxyl groups is 1. The summed E-state index contributed by atoms with van der Waals surface area (Å²) in [6.45, 7) is 3.88. The fourth-order valence-corrected chi connectivity index (χ4v) is 2.99. The average molecular weight is 310 g/mol. The maximum Gasteiger partial charge on any atom is 0.131 e. The zero-order chi connectivity index (χ0) is 15.9. The quantitative estimate of drug-likeness (QED) is 0.785. The van der Waals surface area contributed by atoms with E-state index in [1.807, 2.05) is 12.1 Å². The lowest BCUT2D eigenvalue weighted by Crippen LogP contribution is -2.45. The minimum atomic E-state index is 0.0582. The predicted octanol–water partition coefficient (Wildman–Crippen LogP) is 1.04. The molecular formula is C16H26N2O4. The van der Waals surface area contributed by atoms with E-state index in [-0.39, 0.29) is 12.6 Å². The lowest BCUT2D eigenvalue weighted by molar-refractivity contribution is 0.136. The Morgan fingerprint density at radius 3 is 2.14 bits per heavy atom. The van der Waals surface area contributed by atoms with E-state index in [0.717, 1.165) is 43.2 Å². The van der Waals surface area contributed by atoms with E-state index in [1.165, 1.54) is 0 Å². The maximum absolute atomic E-state index is 9.51. The molecule has 1 aliphatic heterocycles. The van der Waals surface area contributed by atoms with Crippen LogP contribution in [0.4, 0.5) is 0 Å². The smallest absolute Gasteiger partial charge is 0.131 e. The molecule has 1 aromatic carbocycles. The van der Waals surface area contributed by atoms with E-state index in [1.54, 1.807) is 21.3 Å². The summed E-state index contributed by atoms with van der Waals surface area (Å²) in [5.41, 5.74) is 0.974. The molecule has 1 heterocycles. The minimum absolute atomic E-state index is 0.0582. The van der Waals surface area contributed by atoms with Gasteiger partial charge in [-0.3, -0.25) is 4.90 Å². The lowest BCUT2D eigenvalue weighted by atomic mass is 9.98. The molecule has 6 nitrogen and oxygen atoms in total. The van der Waals surface area contributed by atoms with Crippen molar-refractivity contribution in [2.45, 2.75) is 12.5 Å². The zero-order valence-electron chi connectivity index (χ0n) is 13.6. The Morgan fingerprint density at radius 1 is 1.09 bits per heavy atom. The van der Waals surface area contributed by atoms with Crippen molar-refractivity contribution >= 4 is 0 Å². The summed E-state index contributed by atoms with van der Waals surface area (Å²) in [6, 6.07) is 3.79. The number of aliphatic hydroxyl groups excluding tert-OH is 1. The molecule has 0 amide bonds. The Labute approximate surface area is 132 Å². The van der Waals surface area contributed by atoms with Gasteiger partial charge in [0.25, 0.3) is 0 Å². The normalized spacial score (nSPS) is 17.1. The van der Waals surface area contributed by atoms with Crippen molar-refractivity contribution in [1.82, 2.24) is 10.2 Å². The van der Waals surface area contributed by atoms with Gasteiger partial charge in [-0.1, -0.05) is 0 Å². The summed E-state index contributed by atoms with van der Waals surface area (Å²) in [4.78, 5) is 2.36. The fraction of sp³-hybridized carbons (Fsp3) is 0.625. The Kier molecular flexibility index (Phi) is 6.30. The number of benzene rings is 1. The standard InChI is InChI=1S/C16H26N2O4/c1-20-12-10-14(21-2)16(15(11-12)22-3)13(4-9-19)18-7-5-17-6-8-18/h10-11,13,17,19H,4-9H2,1-3H3/t13-/m1/s1. The van der Waals surface area contributed by atoms with Gasteiger partial charge in [0.15, 0.2) is 0 Å². The summed E-state index contributed by atoms with van der Waals surface area (Å²) in [5.74, 6) is 2.15. The number of nitrogens with one attached hydrogen (secondary N) is 1. The Hall–Kier alpha value is -1.50. The van der Waals surface area contributed by atoms with Gasteiger partial charge in [0.2, 0.25) is 0 Å². The highest BCUT2D eigenvalue weighted by Crippen LogP contribution is 2.41. The molecule has 0 saturated carbocycles. The third kappa shape index (κ3) is 3.63. The van der Waals surface area contributed by atoms with Crippen molar-refractivity contribution in [3.63, 3.8) is 0 Å². The summed E-state index contributed by atoms with van der Waals surface area (Å²) >= 11 is 0. The van der Waals surface area contributed by atoms with E-state index >= 15 is 0 Å². The number of hydrogen-bond acceptors (Lipinski definition) is 6. The summed E-state index contributed by atoms with van der Waals surface area (Å²) in [7, 11) is 4.91. The van der Waals surface area contributed by atoms with Gasteiger partial charge in [0.1, 0.15) is 17.2 Å². The Bertz CT molecular complexity index is 450. The van der Waals surface area contributed by atoms with Gasteiger partial charge in [-0.15, -0.1) is 0 Å². The van der Waals surface area contributed by atoms with E-state index < -0.39 is 0 Å². The molecule has 1 fully saturated rings. The Morgan fingerprint density at radius 2 is 1.68 bits per heavy atom. The van der Waals surface area contributed by atoms with Crippen LogP contribution in [0.5, 0.6) is 17.2 Å². The maximum atomic E-state index is 9.51. The van der Waals surface area contributed by atoms with Crippen molar-refractivity contribution in [2.75, 3.05) is 54.1 Å². The van der Waals surface area contributed by atoms with Crippen molar-refractivity contribution in [2.24, 2.45) is 0 Å². The second-order valence-corrected chi connectivity index (χ2v) is 5.26. The third-order valence-corrected chi connectivity index (χ3v) is 4.08. The molecular weight excluding hydrogens is 284 g/mol. The highest BCUT2D eigenvalue weighted by Gasteiger charge is 2.28. The van der Waals surface area contributed by atoms with Gasteiger partial charge in [-0.05, 0) is 6.42 Å². The first kappa shape index (κ1) is 16.9. The van der Waals surface area contributed by atoms with Crippen molar-refractivity contribution < 1.29 is 19.3 Å². The summed E-state index contributed by atoms with van der Waals surface area (Å²) in [5, 5.41) is 12.9. The summed E-state index contributed by atoms with van der Waals surface area (Å²) in [6.07, 6.45) is 0.638. The molecule has 0 unspecified atom stereocenters. The second kappa shape index (κ2) is 8.22. The van der Waals surface area contributed by atoms with Crippen LogP contribution in [0.25, 0.3) is 0 Å². The van der Waals surface area contributed by atoms with Crippen molar-refractivity contribution in [3.8, 4) is 17.2 Å². The molecule has 1 aliphatic rings. The number of methoxy groups -OCH3 is 3. The van der Waals surface area contributed by atoms with E-state index in [9.17, 15) is 5.11 Å². The van der Waals surface area contributed by atoms with Crippen LogP contribution in [0.3, 0.4) is 0 Å². The lowest BCUT2D eigenvalue weighted by Gasteiger charge is -2.36. The number of nitrogens with zero attached hydrogens (tertiary/aromatic N) is 1. The molecule has 124 valence electrons. The zero-order valence-corrected chi connectivity index (χ0v) is 13.6. The van der Waals surface area contributed by atoms with Gasteiger partial charge >= 0.3 is 0 Å². The topological polar surface area (TPSA) is 63.2 Å². The predicted molar refractivity (Wildman–Crippen MR) is 85.0 cm³/mol. The molecule has 0 aliphatic carbocycles. The number of hydrogen-bond donors (Lipinski definition) is 2. The molecule has 6 heteroatoms. The second-order valence-electron chi connectivity index (χ2n) is 5.26. The average Bonchev–Trinajstić information content (AvgIpc) is 2.59. The van der Waals surface area contributed by atoms with Crippen LogP contribution in [0.2, 0.25) is 0 Å². The highest BCUT2D eigenvalue weighted by molar-refractivity contribution is 5.52.